The van der Waals surface area contributed by atoms with E-state index >= 15 is 0 Å². The van der Waals surface area contributed by atoms with Gasteiger partial charge in [0.2, 0.25) is 11.8 Å². The van der Waals surface area contributed by atoms with Crippen LogP contribution in [0.1, 0.15) is 24.1 Å². The quantitative estimate of drug-likeness (QED) is 0.798. The van der Waals surface area contributed by atoms with Crippen molar-refractivity contribution in [2.45, 2.75) is 32.4 Å². The zero-order valence-corrected chi connectivity index (χ0v) is 11.1. The average Bonchev–Trinajstić information content (AvgIpc) is 2.62. The van der Waals surface area contributed by atoms with Crippen molar-refractivity contribution in [2.24, 2.45) is 7.05 Å². The van der Waals surface area contributed by atoms with E-state index in [-0.39, 0.29) is 11.9 Å². The van der Waals surface area contributed by atoms with Crippen LogP contribution in [0.2, 0.25) is 0 Å². The van der Waals surface area contributed by atoms with Crippen molar-refractivity contribution in [1.82, 2.24) is 20.4 Å². The van der Waals surface area contributed by atoms with Crippen molar-refractivity contribution in [3.05, 3.63) is 11.3 Å². The first-order valence-corrected chi connectivity index (χ1v) is 6.21. The number of hydrogen-bond donors (Lipinski definition) is 2. The van der Waals surface area contributed by atoms with Gasteiger partial charge in [0.15, 0.2) is 0 Å². The van der Waals surface area contributed by atoms with Gasteiger partial charge in [-0.1, -0.05) is 0 Å². The Hall–Kier alpha value is -1.56. The molecule has 6 nitrogen and oxygen atoms in total. The number of hydrogen-bond acceptors (Lipinski definition) is 4. The molecule has 18 heavy (non-hydrogen) atoms. The Morgan fingerprint density at radius 2 is 2.39 bits per heavy atom. The number of amides is 1. The lowest BCUT2D eigenvalue weighted by Gasteiger charge is -2.22. The predicted molar refractivity (Wildman–Crippen MR) is 67.4 cm³/mol. The van der Waals surface area contributed by atoms with Crippen LogP contribution in [0.3, 0.4) is 0 Å². The third kappa shape index (κ3) is 2.48. The molecule has 0 aliphatic carbocycles. The Morgan fingerprint density at radius 3 is 3.06 bits per heavy atom. The van der Waals surface area contributed by atoms with Gasteiger partial charge in [0.05, 0.1) is 24.4 Å². The van der Waals surface area contributed by atoms with Gasteiger partial charge in [0.25, 0.3) is 0 Å². The molecule has 2 rings (SSSR count). The van der Waals surface area contributed by atoms with E-state index in [1.54, 1.807) is 11.8 Å². The molecule has 1 aliphatic heterocycles. The molecule has 2 heterocycles. The summed E-state index contributed by atoms with van der Waals surface area (Å²) >= 11 is 0. The van der Waals surface area contributed by atoms with Gasteiger partial charge < -0.3 is 15.4 Å². The maximum Gasteiger partial charge on any atom is 0.237 e. The highest BCUT2D eigenvalue weighted by Crippen LogP contribution is 2.20. The first-order chi connectivity index (χ1) is 8.63. The fourth-order valence-electron chi connectivity index (χ4n) is 2.33. The van der Waals surface area contributed by atoms with E-state index in [2.05, 4.69) is 15.7 Å². The Balaban J connectivity index is 2.03. The van der Waals surface area contributed by atoms with Crippen molar-refractivity contribution in [1.29, 1.82) is 0 Å². The van der Waals surface area contributed by atoms with Crippen LogP contribution in [0.15, 0.2) is 0 Å². The minimum Gasteiger partial charge on any atom is -0.481 e. The number of nitrogens with one attached hydrogen (secondary N) is 2. The van der Waals surface area contributed by atoms with Crippen molar-refractivity contribution < 1.29 is 9.53 Å². The highest BCUT2D eigenvalue weighted by Gasteiger charge is 2.22. The highest BCUT2D eigenvalue weighted by molar-refractivity contribution is 5.82. The zero-order valence-electron chi connectivity index (χ0n) is 11.1. The van der Waals surface area contributed by atoms with Crippen LogP contribution >= 0.6 is 0 Å². The summed E-state index contributed by atoms with van der Waals surface area (Å²) < 4.78 is 7.04. The number of nitrogens with zero attached hydrogens (tertiary/aromatic N) is 2. The first-order valence-electron chi connectivity index (χ1n) is 6.21. The summed E-state index contributed by atoms with van der Waals surface area (Å²) in [6.07, 6.45) is 1.90. The van der Waals surface area contributed by atoms with Crippen LogP contribution < -0.4 is 15.4 Å². The van der Waals surface area contributed by atoms with E-state index in [4.69, 9.17) is 4.74 Å². The van der Waals surface area contributed by atoms with Crippen LogP contribution in [0.25, 0.3) is 0 Å². The Morgan fingerprint density at radius 1 is 1.61 bits per heavy atom. The summed E-state index contributed by atoms with van der Waals surface area (Å²) in [4.78, 5) is 11.6. The Labute approximate surface area is 107 Å². The van der Waals surface area contributed by atoms with Gasteiger partial charge in [0, 0.05) is 20.1 Å². The lowest BCUT2D eigenvalue weighted by atomic mass is 10.1. The van der Waals surface area contributed by atoms with Crippen LogP contribution in [-0.2, 0) is 18.4 Å². The van der Waals surface area contributed by atoms with Crippen molar-refractivity contribution in [3.63, 3.8) is 0 Å². The SMILES string of the molecule is COc1c(CNC2CCCNC2=O)c(C)nn1C. The molecule has 1 unspecified atom stereocenters. The van der Waals surface area contributed by atoms with E-state index in [1.807, 2.05) is 14.0 Å². The topological polar surface area (TPSA) is 68.2 Å². The van der Waals surface area contributed by atoms with Gasteiger partial charge in [-0.2, -0.15) is 5.10 Å². The van der Waals surface area contributed by atoms with Gasteiger partial charge in [-0.15, -0.1) is 0 Å². The molecule has 100 valence electrons. The van der Waals surface area contributed by atoms with Gasteiger partial charge in [-0.3, -0.25) is 4.79 Å². The summed E-state index contributed by atoms with van der Waals surface area (Å²) in [5, 5.41) is 10.5. The van der Waals surface area contributed by atoms with Gasteiger partial charge >= 0.3 is 0 Å². The van der Waals surface area contributed by atoms with Gasteiger partial charge in [0.1, 0.15) is 0 Å². The normalized spacial score (nSPS) is 19.7. The lowest BCUT2D eigenvalue weighted by Crippen LogP contribution is -2.47. The molecule has 2 N–H and O–H groups in total. The maximum absolute atomic E-state index is 11.6. The van der Waals surface area contributed by atoms with E-state index in [0.29, 0.717) is 6.54 Å². The minimum atomic E-state index is -0.108. The molecule has 1 aromatic heterocycles. The highest BCUT2D eigenvalue weighted by atomic mass is 16.5. The van der Waals surface area contributed by atoms with Crippen LogP contribution in [0, 0.1) is 6.92 Å². The number of piperidine rings is 1. The molecule has 0 saturated carbocycles. The number of rotatable bonds is 4. The molecule has 1 saturated heterocycles. The molecule has 6 heteroatoms. The second-order valence-corrected chi connectivity index (χ2v) is 4.56. The number of methoxy groups -OCH3 is 1. The smallest absolute Gasteiger partial charge is 0.237 e. The molecule has 1 aromatic rings. The first kappa shape index (κ1) is 12.9. The number of aryl methyl sites for hydroxylation is 2. The van der Waals surface area contributed by atoms with Gasteiger partial charge in [-0.25, -0.2) is 4.68 Å². The number of ether oxygens (including phenoxy) is 1. The molecular formula is C12H20N4O2. The minimum absolute atomic E-state index is 0.0850. The maximum atomic E-state index is 11.6. The molecule has 1 atom stereocenters. The average molecular weight is 252 g/mol. The monoisotopic (exact) mass is 252 g/mol. The van der Waals surface area contributed by atoms with E-state index in [1.165, 1.54) is 0 Å². The standard InChI is InChI=1S/C12H20N4O2/c1-8-9(12(18-3)16(2)15-8)7-14-10-5-4-6-13-11(10)17/h10,14H,4-7H2,1-3H3,(H,13,17). The van der Waals surface area contributed by atoms with Crippen LogP contribution in [0.4, 0.5) is 0 Å². The van der Waals surface area contributed by atoms with Crippen molar-refractivity contribution in [2.75, 3.05) is 13.7 Å². The molecule has 0 radical (unpaired) electrons. The Bertz CT molecular complexity index is 442. The number of carbonyl (C=O) groups is 1. The molecular weight excluding hydrogens is 232 g/mol. The van der Waals surface area contributed by atoms with Crippen LogP contribution in [0.5, 0.6) is 5.88 Å². The second kappa shape index (κ2) is 5.39. The van der Waals surface area contributed by atoms with Crippen LogP contribution in [-0.4, -0.2) is 35.4 Å². The Kier molecular flexibility index (Phi) is 3.86. The number of aromatic nitrogens is 2. The summed E-state index contributed by atoms with van der Waals surface area (Å²) in [5.74, 6) is 0.831. The molecule has 1 aliphatic rings. The second-order valence-electron chi connectivity index (χ2n) is 4.56. The summed E-state index contributed by atoms with van der Waals surface area (Å²) in [6.45, 7) is 3.33. The van der Waals surface area contributed by atoms with E-state index in [0.717, 1.165) is 36.5 Å². The van der Waals surface area contributed by atoms with Gasteiger partial charge in [-0.05, 0) is 19.8 Å². The van der Waals surface area contributed by atoms with E-state index < -0.39 is 0 Å². The summed E-state index contributed by atoms with van der Waals surface area (Å²) in [6, 6.07) is -0.108. The molecule has 0 aromatic carbocycles. The molecule has 0 bridgehead atoms. The lowest BCUT2D eigenvalue weighted by molar-refractivity contribution is -0.124. The third-order valence-corrected chi connectivity index (χ3v) is 3.29. The fourth-order valence-corrected chi connectivity index (χ4v) is 2.33. The van der Waals surface area contributed by atoms with E-state index in [9.17, 15) is 4.79 Å². The molecule has 0 spiro atoms. The fraction of sp³-hybridized carbons (Fsp3) is 0.667. The third-order valence-electron chi connectivity index (χ3n) is 3.29. The van der Waals surface area contributed by atoms with Crippen molar-refractivity contribution >= 4 is 5.91 Å². The summed E-state index contributed by atoms with van der Waals surface area (Å²) in [5.41, 5.74) is 1.94. The largest absolute Gasteiger partial charge is 0.481 e. The molecule has 1 amide bonds. The number of carbonyl (C=O) groups excluding carboxylic acids is 1. The predicted octanol–water partition coefficient (Wildman–Crippen LogP) is 0.105. The zero-order chi connectivity index (χ0) is 13.1. The summed E-state index contributed by atoms with van der Waals surface area (Å²) in [7, 11) is 3.48. The van der Waals surface area contributed by atoms with Crippen molar-refractivity contribution in [3.8, 4) is 5.88 Å². The molecule has 1 fully saturated rings.